The quantitative estimate of drug-likeness (QED) is 0.651. The van der Waals surface area contributed by atoms with Crippen LogP contribution in [0.15, 0.2) is 28.0 Å². The molecule has 3 aromatic heterocycles. The van der Waals surface area contributed by atoms with Gasteiger partial charge in [0.25, 0.3) is 11.8 Å². The molecule has 6 nitrogen and oxygen atoms in total. The Kier molecular flexibility index (Phi) is 5.00. The Labute approximate surface area is 171 Å². The van der Waals surface area contributed by atoms with E-state index in [-0.39, 0.29) is 5.91 Å². The number of aryl methyl sites for hydroxylation is 2. The normalized spacial score (nSPS) is 17.6. The Morgan fingerprint density at radius 3 is 2.79 bits per heavy atom. The minimum Gasteiger partial charge on any atom is -0.419 e. The van der Waals surface area contributed by atoms with Crippen molar-refractivity contribution in [3.8, 4) is 10.8 Å². The number of piperazine rings is 1. The van der Waals surface area contributed by atoms with Gasteiger partial charge in [-0.1, -0.05) is 6.07 Å². The molecule has 0 atom stereocenters. The van der Waals surface area contributed by atoms with Crippen LogP contribution in [0.3, 0.4) is 0 Å². The summed E-state index contributed by atoms with van der Waals surface area (Å²) >= 11 is 3.30. The molecule has 1 aliphatic carbocycles. The first-order chi connectivity index (χ1) is 13.8. The smallest absolute Gasteiger partial charge is 0.264 e. The van der Waals surface area contributed by atoms with Gasteiger partial charge < -0.3 is 9.32 Å². The van der Waals surface area contributed by atoms with E-state index in [1.807, 2.05) is 22.4 Å². The van der Waals surface area contributed by atoms with Crippen LogP contribution in [0.2, 0.25) is 0 Å². The van der Waals surface area contributed by atoms with Crippen LogP contribution >= 0.6 is 22.7 Å². The maximum Gasteiger partial charge on any atom is 0.264 e. The Morgan fingerprint density at radius 2 is 2.00 bits per heavy atom. The zero-order valence-electron chi connectivity index (χ0n) is 15.6. The van der Waals surface area contributed by atoms with E-state index in [4.69, 9.17) is 4.42 Å². The molecule has 3 aromatic rings. The van der Waals surface area contributed by atoms with E-state index in [1.54, 1.807) is 11.3 Å². The monoisotopic (exact) mass is 414 g/mol. The van der Waals surface area contributed by atoms with E-state index in [0.717, 1.165) is 35.9 Å². The molecular weight excluding hydrogens is 392 g/mol. The zero-order valence-corrected chi connectivity index (χ0v) is 17.2. The fourth-order valence-corrected chi connectivity index (χ4v) is 5.74. The second kappa shape index (κ2) is 7.77. The Balaban J connectivity index is 1.19. The number of amides is 1. The molecule has 2 aliphatic rings. The SMILES string of the molecule is O=C(c1cccs1)N1CCN(Cc2nnc(-c3cc4c(s3)CCCC4)o2)CC1. The van der Waals surface area contributed by atoms with Gasteiger partial charge in [0.05, 0.1) is 16.3 Å². The lowest BCUT2D eigenvalue weighted by Gasteiger charge is -2.33. The summed E-state index contributed by atoms with van der Waals surface area (Å²) in [5.74, 6) is 1.43. The number of aromatic nitrogens is 2. The minimum absolute atomic E-state index is 0.136. The maximum absolute atomic E-state index is 12.4. The molecule has 0 radical (unpaired) electrons. The Morgan fingerprint density at radius 1 is 1.14 bits per heavy atom. The molecule has 1 amide bonds. The van der Waals surface area contributed by atoms with Crippen molar-refractivity contribution in [2.75, 3.05) is 26.2 Å². The standard InChI is InChI=1S/C20H22N4O2S2/c25-20(16-6-3-11-27-16)24-9-7-23(8-10-24)13-18-21-22-19(26-18)17-12-14-4-1-2-5-15(14)28-17/h3,6,11-12H,1-2,4-5,7-10,13H2. The van der Waals surface area contributed by atoms with E-state index in [0.29, 0.717) is 18.3 Å². The second-order valence-electron chi connectivity index (χ2n) is 7.31. The Bertz CT molecular complexity index is 931. The van der Waals surface area contributed by atoms with Gasteiger partial charge in [0.1, 0.15) is 0 Å². The molecule has 0 unspecified atom stereocenters. The van der Waals surface area contributed by atoms with Crippen LogP contribution in [0.5, 0.6) is 0 Å². The lowest BCUT2D eigenvalue weighted by Crippen LogP contribution is -2.48. The number of carbonyl (C=O) groups excluding carboxylic acids is 1. The number of thiophene rings is 2. The van der Waals surface area contributed by atoms with Gasteiger partial charge in [0.2, 0.25) is 5.89 Å². The number of rotatable bonds is 4. The number of nitrogens with zero attached hydrogens (tertiary/aromatic N) is 4. The highest BCUT2D eigenvalue weighted by molar-refractivity contribution is 7.15. The highest BCUT2D eigenvalue weighted by Gasteiger charge is 2.24. The van der Waals surface area contributed by atoms with Crippen LogP contribution in [0, 0.1) is 0 Å². The fourth-order valence-electron chi connectivity index (χ4n) is 3.87. The lowest BCUT2D eigenvalue weighted by molar-refractivity contribution is 0.0623. The van der Waals surface area contributed by atoms with Crippen molar-refractivity contribution in [3.63, 3.8) is 0 Å². The van der Waals surface area contributed by atoms with Gasteiger partial charge in [-0.3, -0.25) is 9.69 Å². The molecule has 0 saturated carbocycles. The zero-order chi connectivity index (χ0) is 18.9. The van der Waals surface area contributed by atoms with Crippen LogP contribution < -0.4 is 0 Å². The summed E-state index contributed by atoms with van der Waals surface area (Å²) in [5.41, 5.74) is 1.46. The second-order valence-corrected chi connectivity index (χ2v) is 9.40. The number of fused-ring (bicyclic) bond motifs is 1. The number of hydrogen-bond donors (Lipinski definition) is 0. The van der Waals surface area contributed by atoms with Crippen LogP contribution in [-0.4, -0.2) is 52.1 Å². The summed E-state index contributed by atoms with van der Waals surface area (Å²) < 4.78 is 5.95. The van der Waals surface area contributed by atoms with E-state index in [9.17, 15) is 4.79 Å². The van der Waals surface area contributed by atoms with Crippen LogP contribution in [0.4, 0.5) is 0 Å². The third-order valence-electron chi connectivity index (χ3n) is 5.42. The molecule has 1 aliphatic heterocycles. The van der Waals surface area contributed by atoms with Crippen molar-refractivity contribution in [1.29, 1.82) is 0 Å². The summed E-state index contributed by atoms with van der Waals surface area (Å²) in [6.07, 6.45) is 4.90. The van der Waals surface area contributed by atoms with Crippen molar-refractivity contribution in [2.45, 2.75) is 32.2 Å². The summed E-state index contributed by atoms with van der Waals surface area (Å²) in [4.78, 5) is 20.0. The molecule has 4 heterocycles. The summed E-state index contributed by atoms with van der Waals surface area (Å²) in [7, 11) is 0. The lowest BCUT2D eigenvalue weighted by atomic mass is 9.99. The number of carbonyl (C=O) groups is 1. The first-order valence-electron chi connectivity index (χ1n) is 9.76. The summed E-state index contributed by atoms with van der Waals surface area (Å²) in [6, 6.07) is 6.04. The summed E-state index contributed by atoms with van der Waals surface area (Å²) in [5, 5.41) is 10.5. The van der Waals surface area contributed by atoms with Crippen molar-refractivity contribution >= 4 is 28.6 Å². The van der Waals surface area contributed by atoms with Gasteiger partial charge in [0.15, 0.2) is 0 Å². The largest absolute Gasteiger partial charge is 0.419 e. The minimum atomic E-state index is 0.136. The van der Waals surface area contributed by atoms with Gasteiger partial charge in [-0.05, 0) is 48.8 Å². The van der Waals surface area contributed by atoms with Gasteiger partial charge in [0, 0.05) is 31.1 Å². The van der Waals surface area contributed by atoms with E-state index >= 15 is 0 Å². The number of hydrogen-bond acceptors (Lipinski definition) is 7. The predicted molar refractivity (Wildman–Crippen MR) is 110 cm³/mol. The van der Waals surface area contributed by atoms with Crippen LogP contribution in [0.25, 0.3) is 10.8 Å². The summed E-state index contributed by atoms with van der Waals surface area (Å²) in [6.45, 7) is 3.74. The molecular formula is C20H22N4O2S2. The highest BCUT2D eigenvalue weighted by atomic mass is 32.1. The molecule has 28 heavy (non-hydrogen) atoms. The van der Waals surface area contributed by atoms with Crippen LogP contribution in [-0.2, 0) is 19.4 Å². The average molecular weight is 415 g/mol. The highest BCUT2D eigenvalue weighted by Crippen LogP contribution is 2.35. The van der Waals surface area contributed by atoms with Crippen molar-refractivity contribution in [3.05, 3.63) is 44.8 Å². The fraction of sp³-hybridized carbons (Fsp3) is 0.450. The molecule has 146 valence electrons. The predicted octanol–water partition coefficient (Wildman–Crippen LogP) is 3.70. The van der Waals surface area contributed by atoms with Crippen molar-refractivity contribution in [1.82, 2.24) is 20.0 Å². The third-order valence-corrected chi connectivity index (χ3v) is 7.51. The van der Waals surface area contributed by atoms with E-state index in [1.165, 1.54) is 47.5 Å². The van der Waals surface area contributed by atoms with Crippen molar-refractivity contribution in [2.24, 2.45) is 0 Å². The topological polar surface area (TPSA) is 62.5 Å². The van der Waals surface area contributed by atoms with Crippen molar-refractivity contribution < 1.29 is 9.21 Å². The molecule has 0 spiro atoms. The molecule has 0 N–H and O–H groups in total. The molecule has 1 saturated heterocycles. The maximum atomic E-state index is 12.4. The first kappa shape index (κ1) is 18.0. The Hall–Kier alpha value is -2.03. The van der Waals surface area contributed by atoms with E-state index < -0.39 is 0 Å². The third kappa shape index (κ3) is 3.64. The van der Waals surface area contributed by atoms with Gasteiger partial charge in [-0.2, -0.15) is 0 Å². The molecule has 1 fully saturated rings. The molecule has 5 rings (SSSR count). The first-order valence-corrected chi connectivity index (χ1v) is 11.5. The van der Waals surface area contributed by atoms with Gasteiger partial charge in [-0.15, -0.1) is 32.9 Å². The molecule has 0 bridgehead atoms. The van der Waals surface area contributed by atoms with Gasteiger partial charge >= 0.3 is 0 Å². The van der Waals surface area contributed by atoms with Crippen LogP contribution in [0.1, 0.15) is 38.8 Å². The van der Waals surface area contributed by atoms with Gasteiger partial charge in [-0.25, -0.2) is 0 Å². The molecule has 8 heteroatoms. The molecule has 0 aromatic carbocycles. The average Bonchev–Trinajstić information content (AvgIpc) is 3.47. The van der Waals surface area contributed by atoms with E-state index in [2.05, 4.69) is 21.2 Å².